The molecule has 1 aliphatic carbocycles. The van der Waals surface area contributed by atoms with Crippen molar-refractivity contribution in [2.24, 2.45) is 5.92 Å². The molecule has 1 fully saturated rings. The van der Waals surface area contributed by atoms with Crippen LogP contribution in [0.4, 0.5) is 5.82 Å². The molecule has 0 saturated heterocycles. The van der Waals surface area contributed by atoms with Gasteiger partial charge >= 0.3 is 0 Å². The predicted molar refractivity (Wildman–Crippen MR) is 84.4 cm³/mol. The van der Waals surface area contributed by atoms with Crippen LogP contribution in [-0.4, -0.2) is 43.5 Å². The van der Waals surface area contributed by atoms with Crippen LogP contribution in [0.1, 0.15) is 25.7 Å². The van der Waals surface area contributed by atoms with Gasteiger partial charge in [0.2, 0.25) is 5.91 Å². The van der Waals surface area contributed by atoms with Gasteiger partial charge in [-0.05, 0) is 25.7 Å². The molecule has 2 N–H and O–H groups in total. The molecule has 2 aromatic heterocycles. The highest BCUT2D eigenvalue weighted by atomic mass is 16.1. The first-order valence-corrected chi connectivity index (χ1v) is 7.95. The molecule has 1 amide bonds. The second kappa shape index (κ2) is 7.66. The SMILES string of the molecule is O=C(NCCn1ccnn1)C1CCC(Nc2cnccn2)CC1. The van der Waals surface area contributed by atoms with E-state index in [1.165, 1.54) is 0 Å². The van der Waals surface area contributed by atoms with Crippen molar-refractivity contribution in [3.63, 3.8) is 0 Å². The van der Waals surface area contributed by atoms with Crippen LogP contribution in [0.25, 0.3) is 0 Å². The van der Waals surface area contributed by atoms with E-state index in [1.807, 2.05) is 0 Å². The van der Waals surface area contributed by atoms with Crippen molar-refractivity contribution < 1.29 is 4.79 Å². The summed E-state index contributed by atoms with van der Waals surface area (Å²) in [5.41, 5.74) is 0. The van der Waals surface area contributed by atoms with Gasteiger partial charge in [-0.2, -0.15) is 0 Å². The molecule has 8 nitrogen and oxygen atoms in total. The second-order valence-electron chi connectivity index (χ2n) is 5.74. The van der Waals surface area contributed by atoms with Crippen LogP contribution in [0.3, 0.4) is 0 Å². The molecular formula is C15H21N7O. The topological polar surface area (TPSA) is 97.6 Å². The molecule has 122 valence electrons. The van der Waals surface area contributed by atoms with Crippen LogP contribution in [0.2, 0.25) is 0 Å². The Morgan fingerprint density at radius 3 is 2.78 bits per heavy atom. The first kappa shape index (κ1) is 15.4. The second-order valence-corrected chi connectivity index (χ2v) is 5.74. The van der Waals surface area contributed by atoms with E-state index in [-0.39, 0.29) is 11.8 Å². The molecule has 0 aromatic carbocycles. The Balaban J connectivity index is 1.37. The van der Waals surface area contributed by atoms with E-state index in [2.05, 4.69) is 30.9 Å². The summed E-state index contributed by atoms with van der Waals surface area (Å²) in [5.74, 6) is 1.04. The van der Waals surface area contributed by atoms with Gasteiger partial charge in [0, 0.05) is 37.1 Å². The van der Waals surface area contributed by atoms with Gasteiger partial charge in [-0.3, -0.25) is 14.5 Å². The molecule has 0 radical (unpaired) electrons. The van der Waals surface area contributed by atoms with Crippen LogP contribution < -0.4 is 10.6 Å². The van der Waals surface area contributed by atoms with E-state index >= 15 is 0 Å². The number of carbonyl (C=O) groups excluding carboxylic acids is 1. The maximum atomic E-state index is 12.2. The molecule has 23 heavy (non-hydrogen) atoms. The zero-order chi connectivity index (χ0) is 15.9. The largest absolute Gasteiger partial charge is 0.366 e. The summed E-state index contributed by atoms with van der Waals surface area (Å²) >= 11 is 0. The fourth-order valence-electron chi connectivity index (χ4n) is 2.87. The minimum Gasteiger partial charge on any atom is -0.366 e. The van der Waals surface area contributed by atoms with E-state index in [4.69, 9.17) is 0 Å². The number of aromatic nitrogens is 5. The smallest absolute Gasteiger partial charge is 0.223 e. The number of anilines is 1. The minimum absolute atomic E-state index is 0.102. The Morgan fingerprint density at radius 2 is 2.09 bits per heavy atom. The molecule has 1 aliphatic rings. The average Bonchev–Trinajstić information content (AvgIpc) is 3.10. The van der Waals surface area contributed by atoms with Crippen molar-refractivity contribution in [1.29, 1.82) is 0 Å². The summed E-state index contributed by atoms with van der Waals surface area (Å²) in [6.45, 7) is 1.23. The van der Waals surface area contributed by atoms with E-state index in [1.54, 1.807) is 35.7 Å². The molecule has 0 aliphatic heterocycles. The van der Waals surface area contributed by atoms with Crippen molar-refractivity contribution >= 4 is 11.7 Å². The van der Waals surface area contributed by atoms with Gasteiger partial charge in [0.05, 0.1) is 18.9 Å². The zero-order valence-electron chi connectivity index (χ0n) is 12.9. The Kier molecular flexibility index (Phi) is 5.13. The number of rotatable bonds is 6. The summed E-state index contributed by atoms with van der Waals surface area (Å²) in [6, 6.07) is 0.367. The van der Waals surface area contributed by atoms with E-state index in [0.29, 0.717) is 19.1 Å². The minimum atomic E-state index is 0.102. The quantitative estimate of drug-likeness (QED) is 0.820. The molecule has 0 unspecified atom stereocenters. The fourth-order valence-corrected chi connectivity index (χ4v) is 2.87. The van der Waals surface area contributed by atoms with Gasteiger partial charge in [0.25, 0.3) is 0 Å². The van der Waals surface area contributed by atoms with Crippen LogP contribution in [0.15, 0.2) is 31.0 Å². The monoisotopic (exact) mass is 315 g/mol. The lowest BCUT2D eigenvalue weighted by atomic mass is 9.85. The molecule has 3 rings (SSSR count). The van der Waals surface area contributed by atoms with Crippen LogP contribution in [-0.2, 0) is 11.3 Å². The highest BCUT2D eigenvalue weighted by Gasteiger charge is 2.26. The molecule has 2 heterocycles. The Hall–Kier alpha value is -2.51. The van der Waals surface area contributed by atoms with Crippen molar-refractivity contribution in [3.05, 3.63) is 31.0 Å². The number of amides is 1. The molecule has 2 aromatic rings. The molecule has 0 atom stereocenters. The number of hydrogen-bond donors (Lipinski definition) is 2. The lowest BCUT2D eigenvalue weighted by Crippen LogP contribution is -2.37. The molecule has 0 spiro atoms. The molecule has 8 heteroatoms. The summed E-state index contributed by atoms with van der Waals surface area (Å²) < 4.78 is 1.71. The Bertz CT molecular complexity index is 594. The first-order valence-electron chi connectivity index (χ1n) is 7.95. The van der Waals surface area contributed by atoms with Crippen molar-refractivity contribution in [3.8, 4) is 0 Å². The van der Waals surface area contributed by atoms with Crippen LogP contribution >= 0.6 is 0 Å². The van der Waals surface area contributed by atoms with Gasteiger partial charge in [0.15, 0.2) is 0 Å². The van der Waals surface area contributed by atoms with Crippen LogP contribution in [0.5, 0.6) is 0 Å². The predicted octanol–water partition coefficient (Wildman–Crippen LogP) is 0.855. The van der Waals surface area contributed by atoms with Gasteiger partial charge in [-0.1, -0.05) is 5.21 Å². The van der Waals surface area contributed by atoms with Gasteiger partial charge in [-0.25, -0.2) is 4.98 Å². The first-order chi connectivity index (χ1) is 11.3. The molecular weight excluding hydrogens is 294 g/mol. The third kappa shape index (κ3) is 4.48. The highest BCUT2D eigenvalue weighted by molar-refractivity contribution is 5.78. The standard InChI is InChI=1S/C15H21N7O/c23-15(18-7-9-22-10-8-19-21-22)12-1-3-13(4-2-12)20-14-11-16-5-6-17-14/h5-6,8,10-13H,1-4,7,9H2,(H,17,20)(H,18,23). The summed E-state index contributed by atoms with van der Waals surface area (Å²) in [5, 5.41) is 14.0. The number of hydrogen-bond acceptors (Lipinski definition) is 6. The lowest BCUT2D eigenvalue weighted by molar-refractivity contribution is -0.126. The van der Waals surface area contributed by atoms with Crippen molar-refractivity contribution in [2.45, 2.75) is 38.3 Å². The highest BCUT2D eigenvalue weighted by Crippen LogP contribution is 2.26. The van der Waals surface area contributed by atoms with Crippen molar-refractivity contribution in [1.82, 2.24) is 30.3 Å². The van der Waals surface area contributed by atoms with E-state index in [0.717, 1.165) is 31.5 Å². The summed E-state index contributed by atoms with van der Waals surface area (Å²) in [7, 11) is 0. The van der Waals surface area contributed by atoms with Gasteiger partial charge in [-0.15, -0.1) is 5.10 Å². The van der Waals surface area contributed by atoms with E-state index in [9.17, 15) is 4.79 Å². The zero-order valence-corrected chi connectivity index (χ0v) is 12.9. The molecule has 1 saturated carbocycles. The normalized spacial score (nSPS) is 20.9. The number of nitrogens with zero attached hydrogens (tertiary/aromatic N) is 5. The third-order valence-corrected chi connectivity index (χ3v) is 4.13. The Morgan fingerprint density at radius 1 is 1.22 bits per heavy atom. The third-order valence-electron chi connectivity index (χ3n) is 4.13. The van der Waals surface area contributed by atoms with Crippen LogP contribution in [0, 0.1) is 5.92 Å². The van der Waals surface area contributed by atoms with E-state index < -0.39 is 0 Å². The lowest BCUT2D eigenvalue weighted by Gasteiger charge is -2.28. The molecule has 0 bridgehead atoms. The Labute approximate surface area is 134 Å². The maximum absolute atomic E-state index is 12.2. The summed E-state index contributed by atoms with van der Waals surface area (Å²) in [4.78, 5) is 20.5. The number of carbonyl (C=O) groups is 1. The summed E-state index contributed by atoms with van der Waals surface area (Å²) in [6.07, 6.45) is 12.2. The van der Waals surface area contributed by atoms with Gasteiger partial charge < -0.3 is 10.6 Å². The average molecular weight is 315 g/mol. The van der Waals surface area contributed by atoms with Gasteiger partial charge in [0.1, 0.15) is 5.82 Å². The maximum Gasteiger partial charge on any atom is 0.223 e. The number of nitrogens with one attached hydrogen (secondary N) is 2. The fraction of sp³-hybridized carbons (Fsp3) is 0.533. The van der Waals surface area contributed by atoms with Crippen molar-refractivity contribution in [2.75, 3.05) is 11.9 Å².